The van der Waals surface area contributed by atoms with Crippen LogP contribution in [0.5, 0.6) is 23.0 Å². The number of ether oxygens (including phenoxy) is 5. The van der Waals surface area contributed by atoms with Crippen molar-refractivity contribution >= 4 is 16.9 Å². The van der Waals surface area contributed by atoms with E-state index in [9.17, 15) is 4.79 Å². The number of esters is 1. The normalized spacial score (nSPS) is 12.2. The van der Waals surface area contributed by atoms with Gasteiger partial charge in [0.15, 0.2) is 29.6 Å². The standard InChI is InChI=1S/C41H39NO6/c1-4-45-40(43)29-48-36-21-19-33(25-38(36)44-3)41(2,42-24-23-32-17-11-12-18-35(32)42)34-20-22-37(46-27-30-13-7-5-8-14-30)39(26-34)47-28-31-15-9-6-10-16-31/h5-26H,4,27-29H2,1-3H3. The Labute approximate surface area is 281 Å². The highest BCUT2D eigenvalue weighted by Crippen LogP contribution is 2.43. The minimum atomic E-state index is -0.737. The van der Waals surface area contributed by atoms with E-state index >= 15 is 0 Å². The predicted octanol–water partition coefficient (Wildman–Crippen LogP) is 8.56. The summed E-state index contributed by atoms with van der Waals surface area (Å²) in [6.07, 6.45) is 2.10. The molecule has 5 aromatic carbocycles. The Morgan fingerprint density at radius 3 is 1.83 bits per heavy atom. The van der Waals surface area contributed by atoms with Crippen LogP contribution in [-0.4, -0.2) is 30.9 Å². The zero-order valence-corrected chi connectivity index (χ0v) is 27.4. The van der Waals surface area contributed by atoms with Gasteiger partial charge >= 0.3 is 5.97 Å². The summed E-state index contributed by atoms with van der Waals surface area (Å²) in [7, 11) is 1.59. The molecule has 0 saturated carbocycles. The van der Waals surface area contributed by atoms with Crippen molar-refractivity contribution in [2.45, 2.75) is 32.6 Å². The molecule has 0 bridgehead atoms. The van der Waals surface area contributed by atoms with E-state index in [4.69, 9.17) is 23.7 Å². The largest absolute Gasteiger partial charge is 0.493 e. The SMILES string of the molecule is CCOC(=O)COc1ccc(C(C)(c2ccc(OCc3ccccc3)c(OCc3ccccc3)c2)n2ccc3ccccc32)cc1OC. The van der Waals surface area contributed by atoms with Gasteiger partial charge in [-0.3, -0.25) is 0 Å². The summed E-state index contributed by atoms with van der Waals surface area (Å²) in [5, 5.41) is 1.12. The summed E-state index contributed by atoms with van der Waals surface area (Å²) in [4.78, 5) is 12.0. The van der Waals surface area contributed by atoms with Gasteiger partial charge in [-0.15, -0.1) is 0 Å². The second-order valence-electron chi connectivity index (χ2n) is 11.5. The van der Waals surface area contributed by atoms with Crippen molar-refractivity contribution in [1.82, 2.24) is 4.57 Å². The molecule has 1 atom stereocenters. The van der Waals surface area contributed by atoms with Crippen molar-refractivity contribution < 1.29 is 28.5 Å². The quantitative estimate of drug-likeness (QED) is 0.111. The van der Waals surface area contributed by atoms with Crippen LogP contribution in [0.15, 0.2) is 134 Å². The highest BCUT2D eigenvalue weighted by molar-refractivity contribution is 5.81. The average molecular weight is 642 g/mol. The number of carbonyl (C=O) groups excluding carboxylic acids is 1. The van der Waals surface area contributed by atoms with E-state index in [0.717, 1.165) is 33.2 Å². The summed E-state index contributed by atoms with van der Waals surface area (Å²) in [5.41, 5.74) is 4.37. The van der Waals surface area contributed by atoms with Gasteiger partial charge in [0.25, 0.3) is 0 Å². The molecule has 244 valence electrons. The van der Waals surface area contributed by atoms with Gasteiger partial charge in [-0.25, -0.2) is 4.79 Å². The Bertz CT molecular complexity index is 1970. The zero-order chi connectivity index (χ0) is 33.3. The molecular weight excluding hydrogens is 602 g/mol. The maximum Gasteiger partial charge on any atom is 0.344 e. The van der Waals surface area contributed by atoms with Crippen LogP contribution in [0.4, 0.5) is 0 Å². The Morgan fingerprint density at radius 2 is 1.21 bits per heavy atom. The summed E-state index contributed by atoms with van der Waals surface area (Å²) < 4.78 is 31.8. The van der Waals surface area contributed by atoms with Gasteiger partial charge in [0.2, 0.25) is 0 Å². The highest BCUT2D eigenvalue weighted by Gasteiger charge is 2.34. The molecule has 6 rings (SSSR count). The Hall–Kier alpha value is -5.69. The van der Waals surface area contributed by atoms with E-state index in [0.29, 0.717) is 36.2 Å². The van der Waals surface area contributed by atoms with Crippen LogP contribution in [0.2, 0.25) is 0 Å². The molecule has 0 amide bonds. The summed E-state index contributed by atoms with van der Waals surface area (Å²) in [5.74, 6) is 1.80. The molecule has 0 spiro atoms. The third-order valence-corrected chi connectivity index (χ3v) is 8.44. The zero-order valence-electron chi connectivity index (χ0n) is 27.4. The lowest BCUT2D eigenvalue weighted by Gasteiger charge is -2.35. The number of aromatic nitrogens is 1. The van der Waals surface area contributed by atoms with E-state index in [1.165, 1.54) is 0 Å². The fourth-order valence-electron chi connectivity index (χ4n) is 5.86. The van der Waals surface area contributed by atoms with Crippen LogP contribution in [0, 0.1) is 0 Å². The molecule has 0 fully saturated rings. The van der Waals surface area contributed by atoms with Gasteiger partial charge in [0.1, 0.15) is 13.2 Å². The number of hydrogen-bond acceptors (Lipinski definition) is 6. The second-order valence-corrected chi connectivity index (χ2v) is 11.5. The molecule has 7 heteroatoms. The Kier molecular flexibility index (Phi) is 9.96. The average Bonchev–Trinajstić information content (AvgIpc) is 3.58. The number of fused-ring (bicyclic) bond motifs is 1. The minimum absolute atomic E-state index is 0.213. The van der Waals surface area contributed by atoms with E-state index in [1.54, 1.807) is 14.0 Å². The molecule has 1 aromatic heterocycles. The van der Waals surface area contributed by atoms with E-state index < -0.39 is 11.5 Å². The second kappa shape index (κ2) is 14.8. The van der Waals surface area contributed by atoms with Gasteiger partial charge in [-0.05, 0) is 77.9 Å². The molecule has 0 aliphatic rings. The molecule has 0 aliphatic heterocycles. The first-order chi connectivity index (χ1) is 23.5. The summed E-state index contributed by atoms with van der Waals surface area (Å²) >= 11 is 0. The maximum absolute atomic E-state index is 12.0. The van der Waals surface area contributed by atoms with E-state index in [2.05, 4.69) is 48.0 Å². The van der Waals surface area contributed by atoms with Crippen LogP contribution < -0.4 is 18.9 Å². The fourth-order valence-corrected chi connectivity index (χ4v) is 5.86. The molecule has 7 nitrogen and oxygen atoms in total. The molecular formula is C41H39NO6. The molecule has 6 aromatic rings. The lowest BCUT2D eigenvalue weighted by Crippen LogP contribution is -2.32. The number of carbonyl (C=O) groups is 1. The van der Waals surface area contributed by atoms with Gasteiger partial charge in [-0.2, -0.15) is 0 Å². The monoisotopic (exact) mass is 641 g/mol. The first-order valence-electron chi connectivity index (χ1n) is 16.0. The van der Waals surface area contributed by atoms with Crippen molar-refractivity contribution in [2.75, 3.05) is 20.3 Å². The first kappa shape index (κ1) is 32.3. The molecule has 1 unspecified atom stereocenters. The van der Waals surface area contributed by atoms with Gasteiger partial charge < -0.3 is 28.3 Å². The van der Waals surface area contributed by atoms with Crippen molar-refractivity contribution in [3.05, 3.63) is 156 Å². The number of rotatable bonds is 14. The van der Waals surface area contributed by atoms with Crippen molar-refractivity contribution in [3.63, 3.8) is 0 Å². The fraction of sp³-hybridized carbons (Fsp3) is 0.195. The van der Waals surface area contributed by atoms with Crippen LogP contribution in [0.3, 0.4) is 0 Å². The van der Waals surface area contributed by atoms with Crippen LogP contribution in [0.25, 0.3) is 10.9 Å². The molecule has 48 heavy (non-hydrogen) atoms. The topological polar surface area (TPSA) is 68.2 Å². The maximum atomic E-state index is 12.0. The lowest BCUT2D eigenvalue weighted by atomic mass is 9.83. The van der Waals surface area contributed by atoms with E-state index in [1.807, 2.05) is 97.1 Å². The predicted molar refractivity (Wildman–Crippen MR) is 187 cm³/mol. The van der Waals surface area contributed by atoms with Crippen LogP contribution in [-0.2, 0) is 28.3 Å². The van der Waals surface area contributed by atoms with Crippen LogP contribution >= 0.6 is 0 Å². The Balaban J connectivity index is 1.44. The molecule has 1 heterocycles. The van der Waals surface area contributed by atoms with Gasteiger partial charge in [0.05, 0.1) is 19.3 Å². The van der Waals surface area contributed by atoms with Gasteiger partial charge in [-0.1, -0.05) is 91.0 Å². The van der Waals surface area contributed by atoms with Crippen molar-refractivity contribution in [2.24, 2.45) is 0 Å². The summed E-state index contributed by atoms with van der Waals surface area (Å²) in [6.45, 7) is 4.80. The third-order valence-electron chi connectivity index (χ3n) is 8.44. The number of nitrogens with zero attached hydrogens (tertiary/aromatic N) is 1. The molecule has 0 saturated heterocycles. The smallest absolute Gasteiger partial charge is 0.344 e. The minimum Gasteiger partial charge on any atom is -0.493 e. The molecule has 0 radical (unpaired) electrons. The third kappa shape index (κ3) is 7.00. The lowest BCUT2D eigenvalue weighted by molar-refractivity contribution is -0.145. The summed E-state index contributed by atoms with van der Waals surface area (Å²) in [6, 6.07) is 42.5. The van der Waals surface area contributed by atoms with Gasteiger partial charge in [0, 0.05) is 11.7 Å². The first-order valence-corrected chi connectivity index (χ1v) is 16.0. The van der Waals surface area contributed by atoms with Crippen molar-refractivity contribution in [1.29, 1.82) is 0 Å². The van der Waals surface area contributed by atoms with Crippen LogP contribution in [0.1, 0.15) is 36.1 Å². The Morgan fingerprint density at radius 1 is 0.646 bits per heavy atom. The number of benzene rings is 5. The molecule has 0 N–H and O–H groups in total. The number of hydrogen-bond donors (Lipinski definition) is 0. The number of para-hydroxylation sites is 1. The number of methoxy groups -OCH3 is 1. The highest BCUT2D eigenvalue weighted by atomic mass is 16.6. The van der Waals surface area contributed by atoms with E-state index in [-0.39, 0.29) is 13.2 Å². The van der Waals surface area contributed by atoms with Crippen molar-refractivity contribution in [3.8, 4) is 23.0 Å². The molecule has 0 aliphatic carbocycles.